The van der Waals surface area contributed by atoms with E-state index >= 15 is 0 Å². The van der Waals surface area contributed by atoms with Crippen LogP contribution in [-0.4, -0.2) is 21.3 Å². The lowest BCUT2D eigenvalue weighted by Gasteiger charge is -2.30. The standard InChI is InChI=1S/C14H20FNO2/c1-13(2)7-10(14(3,4)18-13)12(17)9-5-6-16-8-11(9)15/h5-6,8,10,12,17H,7H2,1-4H3. The Hall–Kier alpha value is -1.00. The van der Waals surface area contributed by atoms with Gasteiger partial charge >= 0.3 is 0 Å². The summed E-state index contributed by atoms with van der Waals surface area (Å²) >= 11 is 0. The summed E-state index contributed by atoms with van der Waals surface area (Å²) in [5.41, 5.74) is -0.471. The zero-order valence-corrected chi connectivity index (χ0v) is 11.3. The third-order valence-corrected chi connectivity index (χ3v) is 3.65. The molecule has 2 atom stereocenters. The smallest absolute Gasteiger partial charge is 0.147 e. The van der Waals surface area contributed by atoms with E-state index in [1.165, 1.54) is 12.3 Å². The van der Waals surface area contributed by atoms with E-state index in [1.54, 1.807) is 0 Å². The number of aliphatic hydroxyl groups excluding tert-OH is 1. The van der Waals surface area contributed by atoms with Gasteiger partial charge in [-0.1, -0.05) is 0 Å². The van der Waals surface area contributed by atoms with Gasteiger partial charge in [-0.25, -0.2) is 4.39 Å². The highest BCUT2D eigenvalue weighted by atomic mass is 19.1. The Morgan fingerprint density at radius 2 is 2.11 bits per heavy atom. The van der Waals surface area contributed by atoms with Crippen LogP contribution >= 0.6 is 0 Å². The number of hydrogen-bond donors (Lipinski definition) is 1. The SMILES string of the molecule is CC1(C)CC(C(O)c2ccncc2F)C(C)(C)O1. The van der Waals surface area contributed by atoms with Crippen LogP contribution in [0.2, 0.25) is 0 Å². The predicted octanol–water partition coefficient (Wildman–Crippen LogP) is 2.85. The van der Waals surface area contributed by atoms with Gasteiger partial charge in [0.1, 0.15) is 5.82 Å². The number of ether oxygens (including phenoxy) is 1. The number of rotatable bonds is 2. The van der Waals surface area contributed by atoms with Crippen LogP contribution in [0.25, 0.3) is 0 Å². The molecule has 0 radical (unpaired) electrons. The maximum absolute atomic E-state index is 13.7. The zero-order valence-electron chi connectivity index (χ0n) is 11.3. The average molecular weight is 253 g/mol. The lowest BCUT2D eigenvalue weighted by atomic mass is 9.80. The number of aliphatic hydroxyl groups is 1. The van der Waals surface area contributed by atoms with Crippen molar-refractivity contribution in [1.29, 1.82) is 0 Å². The van der Waals surface area contributed by atoms with Gasteiger partial charge in [0.05, 0.1) is 23.5 Å². The molecule has 1 fully saturated rings. The summed E-state index contributed by atoms with van der Waals surface area (Å²) in [6, 6.07) is 1.53. The van der Waals surface area contributed by atoms with Crippen LogP contribution in [-0.2, 0) is 4.74 Å². The lowest BCUT2D eigenvalue weighted by Crippen LogP contribution is -2.33. The summed E-state index contributed by atoms with van der Waals surface area (Å²) in [6.45, 7) is 7.86. The number of aromatic nitrogens is 1. The van der Waals surface area contributed by atoms with Crippen molar-refractivity contribution in [3.63, 3.8) is 0 Å². The quantitative estimate of drug-likeness (QED) is 0.881. The van der Waals surface area contributed by atoms with E-state index < -0.39 is 17.5 Å². The van der Waals surface area contributed by atoms with E-state index in [9.17, 15) is 9.50 Å². The molecule has 1 aromatic heterocycles. The van der Waals surface area contributed by atoms with Gasteiger partial charge in [-0.3, -0.25) is 4.98 Å². The first-order valence-electron chi connectivity index (χ1n) is 6.20. The number of pyridine rings is 1. The largest absolute Gasteiger partial charge is 0.388 e. The third-order valence-electron chi connectivity index (χ3n) is 3.65. The van der Waals surface area contributed by atoms with Crippen LogP contribution < -0.4 is 0 Å². The first kappa shape index (κ1) is 13.4. The summed E-state index contributed by atoms with van der Waals surface area (Å²) in [7, 11) is 0. The molecule has 2 unspecified atom stereocenters. The van der Waals surface area contributed by atoms with Crippen LogP contribution in [0, 0.1) is 11.7 Å². The molecule has 0 aromatic carbocycles. The molecule has 0 bridgehead atoms. The van der Waals surface area contributed by atoms with E-state index in [2.05, 4.69) is 4.98 Å². The molecule has 1 N–H and O–H groups in total. The van der Waals surface area contributed by atoms with Crippen molar-refractivity contribution in [2.75, 3.05) is 0 Å². The van der Waals surface area contributed by atoms with Gasteiger partial charge in [0.15, 0.2) is 0 Å². The van der Waals surface area contributed by atoms with Crippen LogP contribution in [0.4, 0.5) is 4.39 Å². The van der Waals surface area contributed by atoms with Gasteiger partial charge in [0.2, 0.25) is 0 Å². The van der Waals surface area contributed by atoms with Crippen molar-refractivity contribution in [3.8, 4) is 0 Å². The van der Waals surface area contributed by atoms with Gasteiger partial charge in [0, 0.05) is 17.7 Å². The lowest BCUT2D eigenvalue weighted by molar-refractivity contribution is -0.0882. The number of nitrogens with zero attached hydrogens (tertiary/aromatic N) is 1. The summed E-state index contributed by atoms with van der Waals surface area (Å²) in [5, 5.41) is 10.4. The molecule has 1 aliphatic heterocycles. The zero-order chi connectivity index (χ0) is 13.6. The highest BCUT2D eigenvalue weighted by Gasteiger charge is 2.49. The molecule has 1 aromatic rings. The Balaban J connectivity index is 2.30. The molecule has 4 heteroatoms. The van der Waals surface area contributed by atoms with Gasteiger partial charge in [-0.05, 0) is 40.2 Å². The van der Waals surface area contributed by atoms with Gasteiger partial charge in [-0.15, -0.1) is 0 Å². The minimum atomic E-state index is -0.871. The monoisotopic (exact) mass is 253 g/mol. The van der Waals surface area contributed by atoms with Crippen molar-refractivity contribution in [2.45, 2.75) is 51.4 Å². The Bertz CT molecular complexity index is 445. The number of halogens is 1. The molecule has 2 rings (SSSR count). The van der Waals surface area contributed by atoms with Crippen molar-refractivity contribution in [2.24, 2.45) is 5.92 Å². The Labute approximate surface area is 107 Å². The second kappa shape index (κ2) is 4.28. The predicted molar refractivity (Wildman–Crippen MR) is 66.5 cm³/mol. The second-order valence-corrected chi connectivity index (χ2v) is 6.12. The molecule has 0 spiro atoms. The van der Waals surface area contributed by atoms with E-state index in [-0.39, 0.29) is 11.5 Å². The van der Waals surface area contributed by atoms with Crippen LogP contribution in [0.3, 0.4) is 0 Å². The van der Waals surface area contributed by atoms with Crippen molar-refractivity contribution in [3.05, 3.63) is 29.8 Å². The van der Waals surface area contributed by atoms with E-state index in [0.29, 0.717) is 12.0 Å². The fourth-order valence-corrected chi connectivity index (χ4v) is 2.94. The molecular formula is C14H20FNO2. The molecule has 100 valence electrons. The van der Waals surface area contributed by atoms with Gasteiger partial charge < -0.3 is 9.84 Å². The molecule has 1 aliphatic rings. The first-order valence-corrected chi connectivity index (χ1v) is 6.20. The Morgan fingerprint density at radius 3 is 2.61 bits per heavy atom. The van der Waals surface area contributed by atoms with Crippen LogP contribution in [0.15, 0.2) is 18.5 Å². The molecule has 0 amide bonds. The second-order valence-electron chi connectivity index (χ2n) is 6.12. The molecule has 0 saturated carbocycles. The van der Waals surface area contributed by atoms with E-state index in [4.69, 9.17) is 4.74 Å². The van der Waals surface area contributed by atoms with Crippen molar-refractivity contribution >= 4 is 0 Å². The molecule has 0 aliphatic carbocycles. The fraction of sp³-hybridized carbons (Fsp3) is 0.643. The van der Waals surface area contributed by atoms with E-state index in [0.717, 1.165) is 6.20 Å². The maximum Gasteiger partial charge on any atom is 0.147 e. The Morgan fingerprint density at radius 1 is 1.44 bits per heavy atom. The molecule has 18 heavy (non-hydrogen) atoms. The summed E-state index contributed by atoms with van der Waals surface area (Å²) in [4.78, 5) is 3.70. The summed E-state index contributed by atoms with van der Waals surface area (Å²) in [5.74, 6) is -0.602. The van der Waals surface area contributed by atoms with Gasteiger partial charge in [0.25, 0.3) is 0 Å². The normalized spacial score (nSPS) is 27.1. The Kier molecular flexibility index (Phi) is 3.19. The van der Waals surface area contributed by atoms with E-state index in [1.807, 2.05) is 27.7 Å². The molecule has 1 saturated heterocycles. The summed E-state index contributed by atoms with van der Waals surface area (Å²) < 4.78 is 19.6. The molecule has 3 nitrogen and oxygen atoms in total. The first-order chi connectivity index (χ1) is 8.23. The maximum atomic E-state index is 13.7. The molecular weight excluding hydrogens is 233 g/mol. The van der Waals surface area contributed by atoms with Crippen molar-refractivity contribution < 1.29 is 14.2 Å². The highest BCUT2D eigenvalue weighted by molar-refractivity contribution is 5.18. The van der Waals surface area contributed by atoms with Crippen LogP contribution in [0.1, 0.15) is 45.8 Å². The topological polar surface area (TPSA) is 42.4 Å². The van der Waals surface area contributed by atoms with Crippen molar-refractivity contribution in [1.82, 2.24) is 4.98 Å². The minimum absolute atomic E-state index is 0.135. The van der Waals surface area contributed by atoms with Crippen LogP contribution in [0.5, 0.6) is 0 Å². The highest BCUT2D eigenvalue weighted by Crippen LogP contribution is 2.47. The fourth-order valence-electron chi connectivity index (χ4n) is 2.94. The number of hydrogen-bond acceptors (Lipinski definition) is 3. The average Bonchev–Trinajstić information content (AvgIpc) is 2.46. The third kappa shape index (κ3) is 2.40. The summed E-state index contributed by atoms with van der Waals surface area (Å²) in [6.07, 6.45) is 2.45. The molecule has 2 heterocycles. The van der Waals surface area contributed by atoms with Gasteiger partial charge in [-0.2, -0.15) is 0 Å². The minimum Gasteiger partial charge on any atom is -0.388 e.